The van der Waals surface area contributed by atoms with E-state index in [1.807, 2.05) is 13.8 Å². The second-order valence-electron chi connectivity index (χ2n) is 7.99. The van der Waals surface area contributed by atoms with Crippen molar-refractivity contribution in [2.45, 2.75) is 111 Å². The first-order valence-corrected chi connectivity index (χ1v) is 11.0. The highest BCUT2D eigenvalue weighted by molar-refractivity contribution is 5.78. The van der Waals surface area contributed by atoms with Crippen LogP contribution in [0.25, 0.3) is 0 Å². The second kappa shape index (κ2) is 16.1. The van der Waals surface area contributed by atoms with E-state index in [0.717, 1.165) is 51.5 Å². The third kappa shape index (κ3) is 13.2. The molecule has 0 aromatic rings. The molecule has 0 aromatic carbocycles. The van der Waals surface area contributed by atoms with Gasteiger partial charge in [-0.3, -0.25) is 9.59 Å². The lowest BCUT2D eigenvalue weighted by Crippen LogP contribution is -2.36. The van der Waals surface area contributed by atoms with Crippen molar-refractivity contribution in [3.05, 3.63) is 0 Å². The van der Waals surface area contributed by atoms with Crippen LogP contribution in [0, 0.1) is 11.8 Å². The van der Waals surface area contributed by atoms with Crippen LogP contribution in [0.3, 0.4) is 0 Å². The van der Waals surface area contributed by atoms with E-state index in [0.29, 0.717) is 0 Å². The Labute approximate surface area is 162 Å². The average Bonchev–Trinajstić information content (AvgIpc) is 2.61. The fraction of sp³-hybridized carbons (Fsp3) is 0.909. The monoisotopic (exact) mass is 368 g/mol. The molecule has 4 nitrogen and oxygen atoms in total. The highest BCUT2D eigenvalue weighted by Crippen LogP contribution is 2.11. The predicted octanol–water partition coefficient (Wildman–Crippen LogP) is 5.21. The molecule has 2 N–H and O–H groups in total. The van der Waals surface area contributed by atoms with E-state index >= 15 is 0 Å². The van der Waals surface area contributed by atoms with Crippen LogP contribution < -0.4 is 10.6 Å². The van der Waals surface area contributed by atoms with Crippen molar-refractivity contribution in [1.29, 1.82) is 0 Å². The Kier molecular flexibility index (Phi) is 15.5. The van der Waals surface area contributed by atoms with Gasteiger partial charge in [0.1, 0.15) is 0 Å². The molecule has 0 rings (SSSR count). The third-order valence-electron chi connectivity index (χ3n) is 5.13. The van der Waals surface area contributed by atoms with Gasteiger partial charge in [0.25, 0.3) is 0 Å². The van der Waals surface area contributed by atoms with Crippen molar-refractivity contribution < 1.29 is 9.59 Å². The van der Waals surface area contributed by atoms with E-state index < -0.39 is 0 Å². The van der Waals surface area contributed by atoms with Gasteiger partial charge in [0.2, 0.25) is 11.8 Å². The Bertz CT molecular complexity index is 371. The molecular weight excluding hydrogens is 324 g/mol. The lowest BCUT2D eigenvalue weighted by molar-refractivity contribution is -0.125. The average molecular weight is 369 g/mol. The minimum atomic E-state index is 0.109. The van der Waals surface area contributed by atoms with Gasteiger partial charge >= 0.3 is 0 Å². The molecule has 3 unspecified atom stereocenters. The number of nitrogens with one attached hydrogen (secondary N) is 2. The van der Waals surface area contributed by atoms with Crippen molar-refractivity contribution in [2.24, 2.45) is 11.8 Å². The van der Waals surface area contributed by atoms with Crippen LogP contribution in [0.5, 0.6) is 0 Å². The molecule has 26 heavy (non-hydrogen) atoms. The van der Waals surface area contributed by atoms with E-state index in [1.54, 1.807) is 0 Å². The van der Waals surface area contributed by atoms with Crippen LogP contribution in [0.4, 0.5) is 0 Å². The van der Waals surface area contributed by atoms with Crippen molar-refractivity contribution in [2.75, 3.05) is 6.54 Å². The van der Waals surface area contributed by atoms with Gasteiger partial charge in [-0.25, -0.2) is 0 Å². The fourth-order valence-electron chi connectivity index (χ4n) is 3.08. The van der Waals surface area contributed by atoms with E-state index in [4.69, 9.17) is 0 Å². The maximum absolute atomic E-state index is 12.1. The molecule has 0 aliphatic carbocycles. The van der Waals surface area contributed by atoms with Crippen LogP contribution in [-0.2, 0) is 9.59 Å². The minimum Gasteiger partial charge on any atom is -0.356 e. The molecule has 0 aliphatic rings. The molecule has 0 spiro atoms. The predicted molar refractivity (Wildman–Crippen MR) is 111 cm³/mol. The summed E-state index contributed by atoms with van der Waals surface area (Å²) in [6.45, 7) is 11.2. The molecule has 0 aliphatic heterocycles. The van der Waals surface area contributed by atoms with E-state index in [1.165, 1.54) is 25.7 Å². The van der Waals surface area contributed by atoms with E-state index in [2.05, 4.69) is 31.4 Å². The molecule has 0 aromatic heterocycles. The molecule has 0 saturated carbocycles. The first kappa shape index (κ1) is 24.9. The van der Waals surface area contributed by atoms with Gasteiger partial charge in [0, 0.05) is 24.4 Å². The number of carbonyl (C=O) groups is 2. The summed E-state index contributed by atoms with van der Waals surface area (Å²) >= 11 is 0. The van der Waals surface area contributed by atoms with Crippen LogP contribution in [-0.4, -0.2) is 24.4 Å². The van der Waals surface area contributed by atoms with Crippen LogP contribution >= 0.6 is 0 Å². The summed E-state index contributed by atoms with van der Waals surface area (Å²) in [5, 5.41) is 6.17. The minimum absolute atomic E-state index is 0.109. The summed E-state index contributed by atoms with van der Waals surface area (Å²) in [6, 6.07) is 0.208. The lowest BCUT2D eigenvalue weighted by atomic mass is 10.0. The van der Waals surface area contributed by atoms with Gasteiger partial charge in [0.05, 0.1) is 0 Å². The molecule has 154 valence electrons. The normalized spacial score (nSPS) is 14.5. The topological polar surface area (TPSA) is 58.2 Å². The number of carbonyl (C=O) groups excluding carboxylic acids is 2. The van der Waals surface area contributed by atoms with Crippen molar-refractivity contribution in [1.82, 2.24) is 10.6 Å². The first-order valence-electron chi connectivity index (χ1n) is 11.0. The molecule has 0 bridgehead atoms. The van der Waals surface area contributed by atoms with Gasteiger partial charge in [-0.1, -0.05) is 66.2 Å². The van der Waals surface area contributed by atoms with Gasteiger partial charge in [-0.2, -0.15) is 0 Å². The maximum Gasteiger partial charge on any atom is 0.223 e. The number of hydrogen-bond acceptors (Lipinski definition) is 2. The largest absolute Gasteiger partial charge is 0.356 e. The molecule has 0 radical (unpaired) electrons. The highest BCUT2D eigenvalue weighted by atomic mass is 16.2. The molecule has 0 heterocycles. The first-order chi connectivity index (χ1) is 12.4. The number of hydrogen-bond donors (Lipinski definition) is 2. The summed E-state index contributed by atoms with van der Waals surface area (Å²) in [5.41, 5.74) is 0. The fourth-order valence-corrected chi connectivity index (χ4v) is 3.08. The summed E-state index contributed by atoms with van der Waals surface area (Å²) < 4.78 is 0. The molecule has 4 heteroatoms. The standard InChI is InChI=1S/C22H44N2O2/c1-6-8-10-14-18(3)21(25)23-17-13-12-16-20(5)24-22(26)19(4)15-11-9-7-2/h18-20H,6-17H2,1-5H3,(H,23,25)(H,24,26). The zero-order valence-corrected chi connectivity index (χ0v) is 18.0. The van der Waals surface area contributed by atoms with Crippen molar-refractivity contribution in [3.8, 4) is 0 Å². The van der Waals surface area contributed by atoms with Gasteiger partial charge in [-0.05, 0) is 39.0 Å². The zero-order chi connectivity index (χ0) is 19.8. The zero-order valence-electron chi connectivity index (χ0n) is 18.0. The Morgan fingerprint density at radius 2 is 1.19 bits per heavy atom. The maximum atomic E-state index is 12.1. The summed E-state index contributed by atoms with van der Waals surface area (Å²) in [6.07, 6.45) is 12.0. The number of amides is 2. The number of rotatable bonds is 16. The molecular formula is C22H44N2O2. The van der Waals surface area contributed by atoms with Gasteiger partial charge in [0.15, 0.2) is 0 Å². The van der Waals surface area contributed by atoms with Crippen molar-refractivity contribution >= 4 is 11.8 Å². The molecule has 0 fully saturated rings. The SMILES string of the molecule is CCCCCC(C)C(=O)NCCCCC(C)NC(=O)C(C)CCCCC. The van der Waals surface area contributed by atoms with E-state index in [9.17, 15) is 9.59 Å². The summed E-state index contributed by atoms with van der Waals surface area (Å²) in [5.74, 6) is 0.595. The Hall–Kier alpha value is -1.06. The Morgan fingerprint density at radius 3 is 1.73 bits per heavy atom. The van der Waals surface area contributed by atoms with E-state index in [-0.39, 0.29) is 29.7 Å². The van der Waals surface area contributed by atoms with Gasteiger partial charge < -0.3 is 10.6 Å². The second-order valence-corrected chi connectivity index (χ2v) is 7.99. The molecule has 3 atom stereocenters. The smallest absolute Gasteiger partial charge is 0.223 e. The number of unbranched alkanes of at least 4 members (excludes halogenated alkanes) is 5. The van der Waals surface area contributed by atoms with Crippen molar-refractivity contribution in [3.63, 3.8) is 0 Å². The highest BCUT2D eigenvalue weighted by Gasteiger charge is 2.15. The molecule has 2 amide bonds. The van der Waals surface area contributed by atoms with Crippen LogP contribution in [0.2, 0.25) is 0 Å². The van der Waals surface area contributed by atoms with Crippen LogP contribution in [0.1, 0.15) is 105 Å². The summed E-state index contributed by atoms with van der Waals surface area (Å²) in [7, 11) is 0. The Morgan fingerprint density at radius 1 is 0.692 bits per heavy atom. The Balaban J connectivity index is 3.73. The lowest BCUT2D eigenvalue weighted by Gasteiger charge is -2.18. The quantitative estimate of drug-likeness (QED) is 0.367. The van der Waals surface area contributed by atoms with Gasteiger partial charge in [-0.15, -0.1) is 0 Å². The molecule has 0 saturated heterocycles. The summed E-state index contributed by atoms with van der Waals surface area (Å²) in [4.78, 5) is 24.1. The van der Waals surface area contributed by atoms with Crippen LogP contribution in [0.15, 0.2) is 0 Å². The third-order valence-corrected chi connectivity index (χ3v) is 5.13.